The molecule has 20 heavy (non-hydrogen) atoms. The Kier molecular flexibility index (Phi) is 7.33. The third kappa shape index (κ3) is 5.19. The Morgan fingerprint density at radius 1 is 1.20 bits per heavy atom. The first kappa shape index (κ1) is 19.0. The molecule has 2 saturated heterocycles. The molecule has 4 nitrogen and oxygen atoms in total. The summed E-state index contributed by atoms with van der Waals surface area (Å²) in [6, 6.07) is 0. The second-order valence-corrected chi connectivity index (χ2v) is 4.51. The Morgan fingerprint density at radius 2 is 1.70 bits per heavy atom. The van der Waals surface area contributed by atoms with E-state index in [4.69, 9.17) is 4.74 Å². The minimum Gasteiger partial charge on any atom is -0.440 e. The molecule has 2 rings (SSSR count). The van der Waals surface area contributed by atoms with Gasteiger partial charge in [0.15, 0.2) is 0 Å². The Bertz CT molecular complexity index is 302. The van der Waals surface area contributed by atoms with Crippen molar-refractivity contribution in [2.75, 3.05) is 33.2 Å². The summed E-state index contributed by atoms with van der Waals surface area (Å²) in [5, 5.41) is 0. The summed E-state index contributed by atoms with van der Waals surface area (Å²) in [7, 11) is 1.88. The first-order valence-electron chi connectivity index (χ1n) is 7.03. The third-order valence-corrected chi connectivity index (χ3v) is 2.89. The number of alkyl halides is 3. The topological polar surface area (TPSA) is 32.8 Å². The van der Waals surface area contributed by atoms with Crippen LogP contribution in [0.2, 0.25) is 0 Å². The van der Waals surface area contributed by atoms with Crippen molar-refractivity contribution >= 4 is 6.09 Å². The van der Waals surface area contributed by atoms with Crippen LogP contribution in [0.15, 0.2) is 0 Å². The Hall–Kier alpha value is -0.980. The van der Waals surface area contributed by atoms with Gasteiger partial charge in [0.25, 0.3) is 0 Å². The highest BCUT2D eigenvalue weighted by Crippen LogP contribution is 2.32. The summed E-state index contributed by atoms with van der Waals surface area (Å²) in [5.74, 6) is 0. The van der Waals surface area contributed by atoms with Crippen molar-refractivity contribution in [1.82, 2.24) is 9.80 Å². The summed E-state index contributed by atoms with van der Waals surface area (Å²) in [5.41, 5.74) is -0.534. The number of hydrogen-bond acceptors (Lipinski definition) is 3. The number of hydrogen-bond donors (Lipinski definition) is 0. The zero-order valence-corrected chi connectivity index (χ0v) is 12.9. The van der Waals surface area contributed by atoms with Crippen molar-refractivity contribution < 1.29 is 22.7 Å². The molecule has 7 heteroatoms. The highest BCUT2D eigenvalue weighted by molar-refractivity contribution is 5.69. The van der Waals surface area contributed by atoms with Gasteiger partial charge in [-0.2, -0.15) is 13.2 Å². The van der Waals surface area contributed by atoms with E-state index in [2.05, 4.69) is 0 Å². The predicted octanol–water partition coefficient (Wildman–Crippen LogP) is 3.13. The van der Waals surface area contributed by atoms with E-state index in [0.29, 0.717) is 24.4 Å². The SMILES string of the molecule is CC.CC.CN1CC2(CCN(CC(F)(F)F)C(=O)O2)C1. The fourth-order valence-corrected chi connectivity index (χ4v) is 2.25. The third-order valence-electron chi connectivity index (χ3n) is 2.89. The molecule has 2 heterocycles. The lowest BCUT2D eigenvalue weighted by Crippen LogP contribution is -2.66. The van der Waals surface area contributed by atoms with Crippen LogP contribution in [0.4, 0.5) is 18.0 Å². The van der Waals surface area contributed by atoms with Crippen LogP contribution in [-0.4, -0.2) is 60.9 Å². The first-order valence-corrected chi connectivity index (χ1v) is 7.03. The van der Waals surface area contributed by atoms with Crippen molar-refractivity contribution in [3.8, 4) is 0 Å². The van der Waals surface area contributed by atoms with Crippen molar-refractivity contribution in [2.45, 2.75) is 45.9 Å². The van der Waals surface area contributed by atoms with Crippen LogP contribution < -0.4 is 0 Å². The number of nitrogens with zero attached hydrogens (tertiary/aromatic N) is 2. The summed E-state index contributed by atoms with van der Waals surface area (Å²) < 4.78 is 41.4. The molecule has 120 valence electrons. The molecule has 0 atom stereocenters. The summed E-state index contributed by atoms with van der Waals surface area (Å²) in [6.45, 7) is 8.11. The van der Waals surface area contributed by atoms with E-state index in [1.54, 1.807) is 0 Å². The zero-order chi connectivity index (χ0) is 16.0. The second-order valence-electron chi connectivity index (χ2n) is 4.51. The Labute approximate surface area is 118 Å². The molecule has 2 fully saturated rings. The molecule has 0 saturated carbocycles. The van der Waals surface area contributed by atoms with Gasteiger partial charge >= 0.3 is 12.3 Å². The minimum atomic E-state index is -4.36. The molecule has 1 spiro atoms. The normalized spacial score (nSPS) is 21.0. The number of carbonyl (C=O) groups excluding carboxylic acids is 1. The molecular weight excluding hydrogens is 273 g/mol. The van der Waals surface area contributed by atoms with Gasteiger partial charge in [0.2, 0.25) is 0 Å². The van der Waals surface area contributed by atoms with Gasteiger partial charge in [0.05, 0.1) is 0 Å². The molecule has 0 aliphatic carbocycles. The molecule has 1 amide bonds. The fraction of sp³-hybridized carbons (Fsp3) is 0.923. The molecule has 0 unspecified atom stereocenters. The second kappa shape index (κ2) is 7.71. The lowest BCUT2D eigenvalue weighted by molar-refractivity contribution is -0.168. The fourth-order valence-electron chi connectivity index (χ4n) is 2.25. The summed E-state index contributed by atoms with van der Waals surface area (Å²) in [4.78, 5) is 14.0. The highest BCUT2D eigenvalue weighted by atomic mass is 19.4. The largest absolute Gasteiger partial charge is 0.440 e. The van der Waals surface area contributed by atoms with E-state index in [1.165, 1.54) is 0 Å². The molecule has 2 aliphatic rings. The standard InChI is InChI=1S/C9H13F3N2O2.2C2H6/c1-13-4-8(5-13)2-3-14(7(15)16-8)6-9(10,11)12;2*1-2/h2-6H2,1H3;2*1-2H3. The van der Waals surface area contributed by atoms with Crippen LogP contribution in [-0.2, 0) is 4.74 Å². The smallest absolute Gasteiger partial charge is 0.410 e. The molecule has 2 aliphatic heterocycles. The van der Waals surface area contributed by atoms with Gasteiger partial charge in [-0.3, -0.25) is 9.80 Å². The maximum atomic E-state index is 12.1. The van der Waals surface area contributed by atoms with Gasteiger partial charge in [-0.25, -0.2) is 4.79 Å². The molecule has 0 aromatic heterocycles. The average Bonchev–Trinajstić information content (AvgIpc) is 2.35. The molecule has 0 radical (unpaired) electrons. The van der Waals surface area contributed by atoms with Crippen molar-refractivity contribution in [3.05, 3.63) is 0 Å². The van der Waals surface area contributed by atoms with E-state index in [9.17, 15) is 18.0 Å². The molecule has 0 aromatic rings. The minimum absolute atomic E-state index is 0.117. The van der Waals surface area contributed by atoms with Gasteiger partial charge in [-0.15, -0.1) is 0 Å². The van der Waals surface area contributed by atoms with Gasteiger partial charge in [0.1, 0.15) is 12.1 Å². The van der Waals surface area contributed by atoms with Gasteiger partial charge in [-0.1, -0.05) is 27.7 Å². The van der Waals surface area contributed by atoms with Crippen LogP contribution in [0.3, 0.4) is 0 Å². The zero-order valence-electron chi connectivity index (χ0n) is 12.9. The van der Waals surface area contributed by atoms with Gasteiger partial charge < -0.3 is 4.74 Å². The van der Waals surface area contributed by atoms with E-state index in [-0.39, 0.29) is 6.54 Å². The Morgan fingerprint density at radius 3 is 2.05 bits per heavy atom. The van der Waals surface area contributed by atoms with E-state index in [1.807, 2.05) is 39.6 Å². The maximum Gasteiger partial charge on any atom is 0.410 e. The van der Waals surface area contributed by atoms with E-state index in [0.717, 1.165) is 0 Å². The van der Waals surface area contributed by atoms with Crippen molar-refractivity contribution in [3.63, 3.8) is 0 Å². The average molecular weight is 298 g/mol. The van der Waals surface area contributed by atoms with Crippen molar-refractivity contribution in [1.29, 1.82) is 0 Å². The van der Waals surface area contributed by atoms with E-state index < -0.39 is 24.4 Å². The van der Waals surface area contributed by atoms with Gasteiger partial charge in [0, 0.05) is 26.1 Å². The number of amides is 1. The molecule has 0 N–H and O–H groups in total. The number of likely N-dealkylation sites (tertiary alicyclic amines) is 1. The van der Waals surface area contributed by atoms with Crippen LogP contribution >= 0.6 is 0 Å². The molecular formula is C13H25F3N2O2. The summed E-state index contributed by atoms with van der Waals surface area (Å²) >= 11 is 0. The monoisotopic (exact) mass is 298 g/mol. The van der Waals surface area contributed by atoms with Crippen molar-refractivity contribution in [2.24, 2.45) is 0 Å². The highest BCUT2D eigenvalue weighted by Gasteiger charge is 2.49. The van der Waals surface area contributed by atoms with Crippen LogP contribution in [0.1, 0.15) is 34.1 Å². The lowest BCUT2D eigenvalue weighted by Gasteiger charge is -2.51. The van der Waals surface area contributed by atoms with Crippen LogP contribution in [0.25, 0.3) is 0 Å². The summed E-state index contributed by atoms with van der Waals surface area (Å²) in [6.07, 6.45) is -4.74. The van der Waals surface area contributed by atoms with Crippen LogP contribution in [0.5, 0.6) is 0 Å². The number of carbonyl (C=O) groups is 1. The first-order chi connectivity index (χ1) is 9.30. The number of ether oxygens (including phenoxy) is 1. The maximum absolute atomic E-state index is 12.1. The molecule has 0 aromatic carbocycles. The number of halogens is 3. The number of rotatable bonds is 1. The quantitative estimate of drug-likeness (QED) is 0.745. The number of likely N-dealkylation sites (N-methyl/N-ethyl adjacent to an activating group) is 1. The predicted molar refractivity (Wildman–Crippen MR) is 71.7 cm³/mol. The van der Waals surface area contributed by atoms with Gasteiger partial charge in [-0.05, 0) is 7.05 Å². The van der Waals surface area contributed by atoms with E-state index >= 15 is 0 Å². The molecule has 0 bridgehead atoms. The van der Waals surface area contributed by atoms with Crippen LogP contribution in [0, 0.1) is 0 Å². The lowest BCUT2D eigenvalue weighted by atomic mass is 9.89. The Balaban J connectivity index is 0.000000829.